The van der Waals surface area contributed by atoms with Crippen LogP contribution in [0.15, 0.2) is 0 Å². The van der Waals surface area contributed by atoms with Crippen molar-refractivity contribution >= 4 is 35.6 Å². The van der Waals surface area contributed by atoms with Crippen molar-refractivity contribution in [3.8, 4) is 0 Å². The third-order valence-corrected chi connectivity index (χ3v) is 0. The Balaban J connectivity index is -0.000000000238. The van der Waals surface area contributed by atoms with Gasteiger partial charge in [-0.2, -0.15) is 4.21 Å². The predicted molar refractivity (Wildman–Crippen MR) is 38.4 cm³/mol. The topological polar surface area (TPSA) is 206 Å². The zero-order valence-corrected chi connectivity index (χ0v) is 4.63. The molecule has 0 aromatic carbocycles. The minimum absolute atomic E-state index is 0. The number of hydrogen-bond donors (Lipinski definition) is 0. The van der Waals surface area contributed by atoms with Crippen LogP contribution in [0.1, 0.15) is 0 Å². The molecule has 0 fully saturated rings. The monoisotopic (exact) mass is 182 g/mol. The maximum atomic E-state index is 7.83. The SMILES string of the molecule is O.O.O.O.O.O.O=S.[MgH2]. The summed E-state index contributed by atoms with van der Waals surface area (Å²) < 4.78 is 7.83. The standard InChI is InChI=1S/Mg.OS.6H2O.2H/c;1-2;;;;;;;;/h;;6*1H2;;. The zero-order chi connectivity index (χ0) is 2.00. The average Bonchev–Trinajstić information content (AvgIpc) is 1.00. The molecule has 0 aliphatic heterocycles. The second-order valence-electron chi connectivity index (χ2n) is 0. The minimum Gasteiger partial charge on any atom is -0.412 e. The third-order valence-electron chi connectivity index (χ3n) is 0. The molecular weight excluding hydrogens is 168 g/mol. The van der Waals surface area contributed by atoms with Crippen molar-refractivity contribution in [2.24, 2.45) is 0 Å². The summed E-state index contributed by atoms with van der Waals surface area (Å²) in [5.41, 5.74) is 0. The Morgan fingerprint density at radius 2 is 0.556 bits per heavy atom. The van der Waals surface area contributed by atoms with Gasteiger partial charge in [0.2, 0.25) is 0 Å². The number of hydrogen-bond acceptors (Lipinski definition) is 2. The number of rotatable bonds is 0. The van der Waals surface area contributed by atoms with Gasteiger partial charge in [0.25, 0.3) is 0 Å². The van der Waals surface area contributed by atoms with E-state index in [9.17, 15) is 0 Å². The molecule has 0 amide bonds. The fourth-order valence-corrected chi connectivity index (χ4v) is 0. The first kappa shape index (κ1) is 292. The van der Waals surface area contributed by atoms with Crippen molar-refractivity contribution < 1.29 is 37.1 Å². The molecule has 0 heterocycles. The van der Waals surface area contributed by atoms with E-state index in [1.807, 2.05) is 0 Å². The Labute approximate surface area is 73.0 Å². The molecule has 64 valence electrons. The summed E-state index contributed by atoms with van der Waals surface area (Å²) in [6, 6.07) is 0. The smallest absolute Gasteiger partial charge is 0.316 e. The summed E-state index contributed by atoms with van der Waals surface area (Å²) in [6.45, 7) is 0. The molecule has 0 radical (unpaired) electrons. The van der Waals surface area contributed by atoms with Crippen molar-refractivity contribution in [2.45, 2.75) is 0 Å². The summed E-state index contributed by atoms with van der Waals surface area (Å²) in [6.07, 6.45) is 0. The lowest BCUT2D eigenvalue weighted by atomic mass is 16.0. The summed E-state index contributed by atoms with van der Waals surface area (Å²) in [7, 11) is 0. The largest absolute Gasteiger partial charge is 0.412 e. The van der Waals surface area contributed by atoms with Gasteiger partial charge in [-0.3, -0.25) is 0 Å². The summed E-state index contributed by atoms with van der Waals surface area (Å²) in [4.78, 5) is 0. The van der Waals surface area contributed by atoms with Crippen LogP contribution in [0.4, 0.5) is 0 Å². The van der Waals surface area contributed by atoms with E-state index >= 15 is 0 Å². The minimum atomic E-state index is 0. The molecule has 0 unspecified atom stereocenters. The Bertz CT molecular complexity index is 8.88. The normalized spacial score (nSPS) is 0.444. The molecular formula is H14MgO7S. The molecule has 0 aliphatic rings. The first-order valence-electron chi connectivity index (χ1n) is 0.167. The Morgan fingerprint density at radius 1 is 0.556 bits per heavy atom. The van der Waals surface area contributed by atoms with E-state index < -0.39 is 0 Å². The van der Waals surface area contributed by atoms with Crippen LogP contribution in [0.25, 0.3) is 0 Å². The van der Waals surface area contributed by atoms with E-state index in [0.29, 0.717) is 0 Å². The maximum Gasteiger partial charge on any atom is 0.316 e. The van der Waals surface area contributed by atoms with Crippen LogP contribution in [-0.2, 0) is 12.5 Å². The molecule has 7 nitrogen and oxygen atoms in total. The van der Waals surface area contributed by atoms with Crippen molar-refractivity contribution in [2.75, 3.05) is 0 Å². The second kappa shape index (κ2) is 1630. The molecule has 0 saturated heterocycles. The molecule has 9 heavy (non-hydrogen) atoms. The molecule has 0 atom stereocenters. The predicted octanol–water partition coefficient (Wildman–Crippen LogP) is -6.20. The molecule has 0 saturated carbocycles. The van der Waals surface area contributed by atoms with Crippen LogP contribution in [0.5, 0.6) is 0 Å². The molecule has 0 bridgehead atoms. The summed E-state index contributed by atoms with van der Waals surface area (Å²) >= 11 is 2.83. The van der Waals surface area contributed by atoms with Crippen molar-refractivity contribution in [1.82, 2.24) is 0 Å². The van der Waals surface area contributed by atoms with E-state index in [2.05, 4.69) is 12.5 Å². The van der Waals surface area contributed by atoms with Gasteiger partial charge in [0.05, 0.1) is 0 Å². The molecule has 12 N–H and O–H groups in total. The maximum absolute atomic E-state index is 7.83. The van der Waals surface area contributed by atoms with E-state index in [4.69, 9.17) is 4.21 Å². The highest BCUT2D eigenvalue weighted by Crippen LogP contribution is 0.558. The van der Waals surface area contributed by atoms with Gasteiger partial charge >= 0.3 is 23.1 Å². The van der Waals surface area contributed by atoms with Gasteiger partial charge < -0.3 is 32.9 Å². The van der Waals surface area contributed by atoms with Gasteiger partial charge in [0, 0.05) is 0 Å². The Kier molecular flexibility index (Phi) is 52900. The van der Waals surface area contributed by atoms with Gasteiger partial charge in [-0.1, -0.05) is 0 Å². The molecule has 0 aromatic rings. The van der Waals surface area contributed by atoms with Gasteiger partial charge in [-0.05, 0) is 0 Å². The van der Waals surface area contributed by atoms with E-state index in [0.717, 1.165) is 0 Å². The average molecular weight is 182 g/mol. The lowest BCUT2D eigenvalue weighted by Crippen LogP contribution is -0.894. The fraction of sp³-hybridized carbons (Fsp3) is 0. The Morgan fingerprint density at radius 3 is 0.556 bits per heavy atom. The van der Waals surface area contributed by atoms with Crippen molar-refractivity contribution in [1.29, 1.82) is 0 Å². The van der Waals surface area contributed by atoms with E-state index in [1.165, 1.54) is 0 Å². The van der Waals surface area contributed by atoms with Gasteiger partial charge in [0.1, 0.15) is 0 Å². The van der Waals surface area contributed by atoms with Crippen molar-refractivity contribution in [3.63, 3.8) is 0 Å². The van der Waals surface area contributed by atoms with Gasteiger partial charge in [-0.25, -0.2) is 0 Å². The van der Waals surface area contributed by atoms with E-state index in [-0.39, 0.29) is 55.9 Å². The van der Waals surface area contributed by atoms with Crippen LogP contribution >= 0.6 is 0 Å². The molecule has 0 aliphatic carbocycles. The van der Waals surface area contributed by atoms with Crippen LogP contribution < -0.4 is 0 Å². The highest BCUT2D eigenvalue weighted by atomic mass is 32.1. The van der Waals surface area contributed by atoms with Gasteiger partial charge in [-0.15, -0.1) is 0 Å². The quantitative estimate of drug-likeness (QED) is 0.335. The first-order valence-corrected chi connectivity index (χ1v) is 0.500. The van der Waals surface area contributed by atoms with Crippen LogP contribution in [0.2, 0.25) is 0 Å². The van der Waals surface area contributed by atoms with Crippen LogP contribution in [0, 0.1) is 0 Å². The lowest BCUT2D eigenvalue weighted by molar-refractivity contribution is 0.702. The second-order valence-corrected chi connectivity index (χ2v) is 0. The zero-order valence-electron chi connectivity index (χ0n) is 3.82. The molecule has 0 aromatic heterocycles. The van der Waals surface area contributed by atoms with Crippen molar-refractivity contribution in [3.05, 3.63) is 0 Å². The summed E-state index contributed by atoms with van der Waals surface area (Å²) in [5.74, 6) is 0. The molecule has 9 heteroatoms. The summed E-state index contributed by atoms with van der Waals surface area (Å²) in [5, 5.41) is 0. The first-order chi connectivity index (χ1) is 1.00. The van der Waals surface area contributed by atoms with Crippen LogP contribution in [0.3, 0.4) is 0 Å². The Hall–Kier alpha value is 0.546. The van der Waals surface area contributed by atoms with E-state index in [1.54, 1.807) is 0 Å². The third kappa shape index (κ3) is 1230. The molecule has 0 rings (SSSR count). The fourth-order valence-electron chi connectivity index (χ4n) is 0. The highest BCUT2D eigenvalue weighted by molar-refractivity contribution is 7.44. The molecule has 0 spiro atoms. The van der Waals surface area contributed by atoms with Crippen LogP contribution in [-0.4, -0.2) is 60.1 Å². The van der Waals surface area contributed by atoms with Gasteiger partial charge in [0.15, 0.2) is 12.5 Å². The highest BCUT2D eigenvalue weighted by Gasteiger charge is 0.734. The lowest BCUT2D eigenvalue weighted by Gasteiger charge is -0.734.